The van der Waals surface area contributed by atoms with E-state index in [1.54, 1.807) is 0 Å². The summed E-state index contributed by atoms with van der Waals surface area (Å²) < 4.78 is 124. The van der Waals surface area contributed by atoms with Gasteiger partial charge in [0.15, 0.2) is 17.5 Å². The first-order chi connectivity index (χ1) is 20.9. The van der Waals surface area contributed by atoms with E-state index in [1.807, 2.05) is 0 Å². The third-order valence-electron chi connectivity index (χ3n) is 9.28. The normalized spacial score (nSPS) is 23.1. The summed E-state index contributed by atoms with van der Waals surface area (Å²) in [6.07, 6.45) is 1.41. The fourth-order valence-corrected chi connectivity index (χ4v) is 6.64. The Morgan fingerprint density at radius 2 is 1.30 bits per heavy atom. The molecule has 0 aliphatic heterocycles. The fraction of sp³-hybridized carbons (Fsp3) is 0.647. The van der Waals surface area contributed by atoms with Gasteiger partial charge in [-0.05, 0) is 106 Å². The van der Waals surface area contributed by atoms with Crippen LogP contribution in [0.4, 0.5) is 35.1 Å². The summed E-state index contributed by atoms with van der Waals surface area (Å²) in [4.78, 5) is 0. The maximum absolute atomic E-state index is 14.9. The van der Waals surface area contributed by atoms with Crippen molar-refractivity contribution >= 4 is 0 Å². The standard InChI is InChI=1S/C34H42F8O2/c1-2-3-6-22-9-13-25(14-10-22)33(39,40)44-27-17-18-28(29(35)21-27)34(41,42)43-26-15-11-23(12-16-26)7-4-5-8-24-19-30(36)32(38)31(37)20-24/h17-23,25-26H,2-16H2,1H3. The summed E-state index contributed by atoms with van der Waals surface area (Å²) in [5.74, 6) is -6.11. The minimum atomic E-state index is -3.95. The van der Waals surface area contributed by atoms with Crippen molar-refractivity contribution in [1.82, 2.24) is 0 Å². The molecule has 2 aliphatic rings. The summed E-state index contributed by atoms with van der Waals surface area (Å²) in [5.41, 5.74) is -0.651. The van der Waals surface area contributed by atoms with Crippen LogP contribution >= 0.6 is 0 Å². The number of hydrogen-bond donors (Lipinski definition) is 0. The number of alkyl halides is 4. The summed E-state index contributed by atoms with van der Waals surface area (Å²) in [7, 11) is 0. The second-order valence-electron chi connectivity index (χ2n) is 12.6. The second-order valence-corrected chi connectivity index (χ2v) is 12.6. The predicted molar refractivity (Wildman–Crippen MR) is 152 cm³/mol. The minimum Gasteiger partial charge on any atom is -0.432 e. The van der Waals surface area contributed by atoms with Crippen molar-refractivity contribution < 1.29 is 44.6 Å². The molecule has 2 saturated carbocycles. The average Bonchev–Trinajstić information content (AvgIpc) is 2.97. The lowest BCUT2D eigenvalue weighted by Crippen LogP contribution is -2.37. The van der Waals surface area contributed by atoms with Gasteiger partial charge in [0.1, 0.15) is 11.6 Å². The molecule has 2 nitrogen and oxygen atoms in total. The Labute approximate surface area is 254 Å². The van der Waals surface area contributed by atoms with Gasteiger partial charge in [0, 0.05) is 6.07 Å². The van der Waals surface area contributed by atoms with E-state index in [2.05, 4.69) is 6.92 Å². The molecule has 0 spiro atoms. The van der Waals surface area contributed by atoms with Gasteiger partial charge in [-0.25, -0.2) is 17.6 Å². The topological polar surface area (TPSA) is 18.5 Å². The third-order valence-corrected chi connectivity index (χ3v) is 9.28. The number of benzene rings is 2. The van der Waals surface area contributed by atoms with E-state index in [0.717, 1.165) is 56.4 Å². The fourth-order valence-electron chi connectivity index (χ4n) is 6.64. The number of aryl methyl sites for hydroxylation is 1. The largest absolute Gasteiger partial charge is 0.432 e. The zero-order valence-electron chi connectivity index (χ0n) is 25.1. The lowest BCUT2D eigenvalue weighted by atomic mass is 9.79. The molecule has 246 valence electrons. The molecule has 0 unspecified atom stereocenters. The van der Waals surface area contributed by atoms with Crippen LogP contribution in [0.5, 0.6) is 5.75 Å². The first-order valence-electron chi connectivity index (χ1n) is 15.9. The van der Waals surface area contributed by atoms with Gasteiger partial charge in [0.2, 0.25) is 0 Å². The van der Waals surface area contributed by atoms with Gasteiger partial charge in [-0.15, -0.1) is 0 Å². The molecule has 2 aromatic rings. The predicted octanol–water partition coefficient (Wildman–Crippen LogP) is 11.2. The van der Waals surface area contributed by atoms with Gasteiger partial charge >= 0.3 is 12.2 Å². The highest BCUT2D eigenvalue weighted by molar-refractivity contribution is 5.31. The van der Waals surface area contributed by atoms with E-state index in [4.69, 9.17) is 9.47 Å². The van der Waals surface area contributed by atoms with Crippen LogP contribution in [0.25, 0.3) is 0 Å². The van der Waals surface area contributed by atoms with E-state index in [9.17, 15) is 35.1 Å². The Balaban J connectivity index is 1.21. The molecular formula is C34H42F8O2. The highest BCUT2D eigenvalue weighted by atomic mass is 19.3. The van der Waals surface area contributed by atoms with E-state index < -0.39 is 58.8 Å². The van der Waals surface area contributed by atoms with Crippen molar-refractivity contribution in [2.24, 2.45) is 17.8 Å². The molecule has 0 heterocycles. The van der Waals surface area contributed by atoms with Crippen molar-refractivity contribution in [2.45, 2.75) is 122 Å². The number of halogens is 8. The average molecular weight is 635 g/mol. The van der Waals surface area contributed by atoms with E-state index in [0.29, 0.717) is 81.8 Å². The molecule has 0 saturated heterocycles. The van der Waals surface area contributed by atoms with E-state index in [-0.39, 0.29) is 5.92 Å². The smallest absolute Gasteiger partial charge is 0.400 e. The van der Waals surface area contributed by atoms with Gasteiger partial charge in [-0.2, -0.15) is 17.6 Å². The molecular weight excluding hydrogens is 592 g/mol. The highest BCUT2D eigenvalue weighted by Crippen LogP contribution is 2.43. The van der Waals surface area contributed by atoms with Crippen molar-refractivity contribution in [3.05, 3.63) is 64.7 Å². The van der Waals surface area contributed by atoms with Crippen molar-refractivity contribution in [1.29, 1.82) is 0 Å². The number of ether oxygens (including phenoxy) is 2. The number of unbranched alkanes of at least 4 members (excludes halogenated alkanes) is 2. The van der Waals surface area contributed by atoms with Crippen LogP contribution in [0.1, 0.15) is 108 Å². The molecule has 4 rings (SSSR count). The van der Waals surface area contributed by atoms with Crippen LogP contribution in [0.3, 0.4) is 0 Å². The maximum Gasteiger partial charge on any atom is 0.400 e. The molecule has 0 bridgehead atoms. The Morgan fingerprint density at radius 1 is 0.705 bits per heavy atom. The van der Waals surface area contributed by atoms with Gasteiger partial charge in [-0.3, -0.25) is 0 Å². The molecule has 2 fully saturated rings. The maximum atomic E-state index is 14.9. The lowest BCUT2D eigenvalue weighted by Gasteiger charge is -2.33. The molecule has 0 amide bonds. The first kappa shape index (κ1) is 34.5. The Morgan fingerprint density at radius 3 is 1.89 bits per heavy atom. The van der Waals surface area contributed by atoms with Gasteiger partial charge in [0.05, 0.1) is 17.6 Å². The van der Waals surface area contributed by atoms with Gasteiger partial charge < -0.3 is 9.47 Å². The summed E-state index contributed by atoms with van der Waals surface area (Å²) in [6.45, 7) is 2.09. The van der Waals surface area contributed by atoms with Crippen molar-refractivity contribution in [3.63, 3.8) is 0 Å². The van der Waals surface area contributed by atoms with Crippen molar-refractivity contribution in [2.75, 3.05) is 0 Å². The summed E-state index contributed by atoms with van der Waals surface area (Å²) in [6, 6.07) is 4.22. The Bertz CT molecular complexity index is 1180. The molecule has 0 N–H and O–H groups in total. The summed E-state index contributed by atoms with van der Waals surface area (Å²) in [5, 5.41) is 0. The third kappa shape index (κ3) is 9.33. The number of rotatable bonds is 14. The second kappa shape index (κ2) is 15.3. The van der Waals surface area contributed by atoms with Crippen LogP contribution < -0.4 is 4.74 Å². The quantitative estimate of drug-likeness (QED) is 0.117. The van der Waals surface area contributed by atoms with Crippen LogP contribution in [0.2, 0.25) is 0 Å². The molecule has 0 radical (unpaired) electrons. The SMILES string of the molecule is CCCCC1CCC(C(F)(F)Oc2ccc(C(F)(F)OC3CCC(CCCCc4cc(F)c(F)c(F)c4)CC3)c(F)c2)CC1. The lowest BCUT2D eigenvalue weighted by molar-refractivity contribution is -0.279. The molecule has 2 aromatic carbocycles. The minimum absolute atomic E-state index is 0.270. The number of hydrogen-bond acceptors (Lipinski definition) is 2. The molecule has 0 atom stereocenters. The highest BCUT2D eigenvalue weighted by Gasteiger charge is 2.45. The van der Waals surface area contributed by atoms with Crippen LogP contribution in [-0.2, 0) is 17.3 Å². The summed E-state index contributed by atoms with van der Waals surface area (Å²) >= 11 is 0. The monoisotopic (exact) mass is 634 g/mol. The van der Waals surface area contributed by atoms with E-state index >= 15 is 0 Å². The van der Waals surface area contributed by atoms with Gasteiger partial charge in [0.25, 0.3) is 0 Å². The van der Waals surface area contributed by atoms with Gasteiger partial charge in [-0.1, -0.05) is 39.0 Å². The van der Waals surface area contributed by atoms with Crippen molar-refractivity contribution in [3.8, 4) is 5.75 Å². The molecule has 10 heteroatoms. The zero-order chi connectivity index (χ0) is 31.9. The van der Waals surface area contributed by atoms with Crippen LogP contribution in [-0.4, -0.2) is 12.2 Å². The zero-order valence-corrected chi connectivity index (χ0v) is 25.1. The van der Waals surface area contributed by atoms with Crippen LogP contribution in [0.15, 0.2) is 30.3 Å². The van der Waals surface area contributed by atoms with E-state index in [1.165, 1.54) is 0 Å². The Hall–Kier alpha value is -2.36. The Kier molecular flexibility index (Phi) is 12.0. The first-order valence-corrected chi connectivity index (χ1v) is 15.9. The molecule has 0 aromatic heterocycles. The molecule has 44 heavy (non-hydrogen) atoms. The van der Waals surface area contributed by atoms with Crippen LogP contribution in [0, 0.1) is 41.0 Å². The molecule has 2 aliphatic carbocycles.